The van der Waals surface area contributed by atoms with Gasteiger partial charge in [-0.05, 0) is 30.7 Å². The lowest BCUT2D eigenvalue weighted by molar-refractivity contribution is -0.0320. The van der Waals surface area contributed by atoms with Crippen molar-refractivity contribution in [2.45, 2.75) is 44.6 Å². The maximum Gasteiger partial charge on any atom is 0.191 e. The maximum atomic E-state index is 5.88. The summed E-state index contributed by atoms with van der Waals surface area (Å²) in [6.45, 7) is 8.67. The van der Waals surface area contributed by atoms with E-state index in [1.807, 2.05) is 7.05 Å². The lowest BCUT2D eigenvalue weighted by atomic mass is 9.91. The van der Waals surface area contributed by atoms with Crippen molar-refractivity contribution >= 4 is 41.3 Å². The van der Waals surface area contributed by atoms with Crippen LogP contribution in [0.2, 0.25) is 0 Å². The number of ether oxygens (including phenoxy) is 2. The summed E-state index contributed by atoms with van der Waals surface area (Å²) in [6, 6.07) is 4.30. The van der Waals surface area contributed by atoms with Gasteiger partial charge in [0.05, 0.1) is 6.10 Å². The van der Waals surface area contributed by atoms with Crippen LogP contribution in [0.1, 0.15) is 38.0 Å². The molecule has 0 amide bonds. The number of nitrogens with one attached hydrogen (secondary N) is 2. The Kier molecular flexibility index (Phi) is 11.0. The highest BCUT2D eigenvalue weighted by molar-refractivity contribution is 14.0. The highest BCUT2D eigenvalue weighted by atomic mass is 127. The molecule has 0 unspecified atom stereocenters. The summed E-state index contributed by atoms with van der Waals surface area (Å²) in [5.74, 6) is 0.852. The molecule has 0 spiro atoms. The minimum absolute atomic E-state index is 0. The van der Waals surface area contributed by atoms with E-state index in [4.69, 9.17) is 9.47 Å². The van der Waals surface area contributed by atoms with Crippen molar-refractivity contribution in [1.82, 2.24) is 10.6 Å². The predicted octanol–water partition coefficient (Wildman–Crippen LogP) is 3.39. The Balaban J connectivity index is 0.00000312. The van der Waals surface area contributed by atoms with Gasteiger partial charge in [0.25, 0.3) is 0 Å². The largest absolute Gasteiger partial charge is 0.381 e. The first kappa shape index (κ1) is 22.7. The molecule has 0 bridgehead atoms. The Morgan fingerprint density at radius 3 is 2.76 bits per heavy atom. The number of thiophene rings is 1. The van der Waals surface area contributed by atoms with Gasteiger partial charge in [-0.2, -0.15) is 0 Å². The summed E-state index contributed by atoms with van der Waals surface area (Å²) >= 11 is 1.80. The van der Waals surface area contributed by atoms with Gasteiger partial charge in [-0.3, -0.25) is 4.99 Å². The zero-order chi connectivity index (χ0) is 17.3. The van der Waals surface area contributed by atoms with Crippen LogP contribution in [-0.2, 0) is 14.9 Å². The number of aliphatic imine (C=N–C) groups is 1. The molecule has 1 aromatic rings. The SMILES string of the molecule is CN=C(NCCCOC1CCOCC1)NCC(C)(C)c1cccs1.I. The molecule has 7 heteroatoms. The van der Waals surface area contributed by atoms with Crippen molar-refractivity contribution < 1.29 is 9.47 Å². The smallest absolute Gasteiger partial charge is 0.191 e. The molecular formula is C18H32IN3O2S. The molecule has 1 aliphatic heterocycles. The van der Waals surface area contributed by atoms with Crippen LogP contribution in [0, 0.1) is 0 Å². The van der Waals surface area contributed by atoms with Crippen molar-refractivity contribution in [2.24, 2.45) is 4.99 Å². The van der Waals surface area contributed by atoms with E-state index in [1.165, 1.54) is 4.88 Å². The van der Waals surface area contributed by atoms with Crippen molar-refractivity contribution in [2.75, 3.05) is 40.0 Å². The average Bonchev–Trinajstić information content (AvgIpc) is 3.14. The lowest BCUT2D eigenvalue weighted by Gasteiger charge is -2.25. The van der Waals surface area contributed by atoms with E-state index in [9.17, 15) is 0 Å². The first-order valence-corrected chi connectivity index (χ1v) is 9.67. The summed E-state index contributed by atoms with van der Waals surface area (Å²) in [5.41, 5.74) is 0.0952. The zero-order valence-corrected chi connectivity index (χ0v) is 18.7. The van der Waals surface area contributed by atoms with Gasteiger partial charge >= 0.3 is 0 Å². The van der Waals surface area contributed by atoms with E-state index in [-0.39, 0.29) is 29.4 Å². The van der Waals surface area contributed by atoms with Crippen LogP contribution < -0.4 is 10.6 Å². The van der Waals surface area contributed by atoms with Gasteiger partial charge in [0.1, 0.15) is 0 Å². The number of halogens is 1. The van der Waals surface area contributed by atoms with Gasteiger partial charge in [-0.15, -0.1) is 35.3 Å². The summed E-state index contributed by atoms with van der Waals surface area (Å²) < 4.78 is 11.2. The van der Waals surface area contributed by atoms with Crippen LogP contribution >= 0.6 is 35.3 Å². The Labute approximate surface area is 173 Å². The van der Waals surface area contributed by atoms with Crippen molar-refractivity contribution in [3.63, 3.8) is 0 Å². The van der Waals surface area contributed by atoms with Crippen LogP contribution in [0.4, 0.5) is 0 Å². The van der Waals surface area contributed by atoms with Crippen molar-refractivity contribution in [3.05, 3.63) is 22.4 Å². The summed E-state index contributed by atoms with van der Waals surface area (Å²) in [5, 5.41) is 8.92. The fourth-order valence-electron chi connectivity index (χ4n) is 2.65. The first-order valence-electron chi connectivity index (χ1n) is 8.79. The summed E-state index contributed by atoms with van der Waals surface area (Å²) in [7, 11) is 1.81. The second-order valence-electron chi connectivity index (χ2n) is 6.75. The monoisotopic (exact) mass is 481 g/mol. The molecule has 2 heterocycles. The van der Waals surface area contributed by atoms with Gasteiger partial charge < -0.3 is 20.1 Å². The van der Waals surface area contributed by atoms with Crippen LogP contribution in [0.25, 0.3) is 0 Å². The average molecular weight is 481 g/mol. The standard InChI is InChI=1S/C18H31N3O2S.HI/c1-18(2,16-6-4-13-24-16)14-21-17(19-3)20-9-5-10-23-15-7-11-22-12-8-15;/h4,6,13,15H,5,7-12,14H2,1-3H3,(H2,19,20,21);1H. The molecule has 1 fully saturated rings. The van der Waals surface area contributed by atoms with Crippen molar-refractivity contribution in [3.8, 4) is 0 Å². The van der Waals surface area contributed by atoms with Crippen molar-refractivity contribution in [1.29, 1.82) is 0 Å². The molecular weight excluding hydrogens is 449 g/mol. The van der Waals surface area contributed by atoms with Gasteiger partial charge in [-0.25, -0.2) is 0 Å². The quantitative estimate of drug-likeness (QED) is 0.259. The molecule has 0 aliphatic carbocycles. The molecule has 1 aliphatic rings. The lowest BCUT2D eigenvalue weighted by Crippen LogP contribution is -2.43. The molecule has 0 atom stereocenters. The maximum absolute atomic E-state index is 5.88. The Morgan fingerprint density at radius 1 is 1.36 bits per heavy atom. The molecule has 0 radical (unpaired) electrons. The first-order chi connectivity index (χ1) is 11.6. The number of hydrogen-bond donors (Lipinski definition) is 2. The summed E-state index contributed by atoms with van der Waals surface area (Å²) in [4.78, 5) is 5.68. The Hall–Kier alpha value is -0.380. The Bertz CT molecular complexity index is 489. The minimum Gasteiger partial charge on any atom is -0.381 e. The molecule has 144 valence electrons. The zero-order valence-electron chi connectivity index (χ0n) is 15.5. The normalized spacial score (nSPS) is 16.4. The molecule has 1 saturated heterocycles. The van der Waals surface area contributed by atoms with E-state index in [2.05, 4.69) is 47.0 Å². The molecule has 2 N–H and O–H groups in total. The highest BCUT2D eigenvalue weighted by Gasteiger charge is 2.21. The predicted molar refractivity (Wildman–Crippen MR) is 117 cm³/mol. The van der Waals surface area contributed by atoms with Gasteiger partial charge in [0.15, 0.2) is 5.96 Å². The van der Waals surface area contributed by atoms with Crippen LogP contribution in [-0.4, -0.2) is 52.0 Å². The third kappa shape index (κ3) is 8.23. The highest BCUT2D eigenvalue weighted by Crippen LogP contribution is 2.26. The molecule has 0 aromatic carbocycles. The van der Waals surface area contributed by atoms with Gasteiger partial charge in [-0.1, -0.05) is 19.9 Å². The molecule has 25 heavy (non-hydrogen) atoms. The summed E-state index contributed by atoms with van der Waals surface area (Å²) in [6.07, 6.45) is 3.40. The van der Waals surface area contributed by atoms with E-state index >= 15 is 0 Å². The Morgan fingerprint density at radius 2 is 2.12 bits per heavy atom. The third-order valence-electron chi connectivity index (χ3n) is 4.25. The second kappa shape index (κ2) is 12.1. The van der Waals surface area contributed by atoms with E-state index in [0.717, 1.165) is 58.1 Å². The molecule has 1 aromatic heterocycles. The number of hydrogen-bond acceptors (Lipinski definition) is 4. The molecule has 5 nitrogen and oxygen atoms in total. The topological polar surface area (TPSA) is 54.9 Å². The second-order valence-corrected chi connectivity index (χ2v) is 7.70. The van der Waals surface area contributed by atoms with E-state index in [0.29, 0.717) is 6.10 Å². The van der Waals surface area contributed by atoms with Crippen LogP contribution in [0.5, 0.6) is 0 Å². The fraction of sp³-hybridized carbons (Fsp3) is 0.722. The number of nitrogens with zero attached hydrogens (tertiary/aromatic N) is 1. The number of rotatable bonds is 8. The molecule has 0 saturated carbocycles. The molecule has 2 rings (SSSR count). The van der Waals surface area contributed by atoms with Crippen LogP contribution in [0.3, 0.4) is 0 Å². The number of guanidine groups is 1. The third-order valence-corrected chi connectivity index (χ3v) is 5.48. The van der Waals surface area contributed by atoms with Gasteiger partial charge in [0, 0.05) is 50.2 Å². The van der Waals surface area contributed by atoms with Crippen LogP contribution in [0.15, 0.2) is 22.5 Å². The minimum atomic E-state index is 0. The van der Waals surface area contributed by atoms with Gasteiger partial charge in [0.2, 0.25) is 0 Å². The fourth-order valence-corrected chi connectivity index (χ4v) is 3.50. The van der Waals surface area contributed by atoms with E-state index < -0.39 is 0 Å². The van der Waals surface area contributed by atoms with E-state index in [1.54, 1.807) is 11.3 Å².